The molecule has 80 valence electrons. The van der Waals surface area contributed by atoms with Gasteiger partial charge in [0.1, 0.15) is 10.3 Å². The fraction of sp³-hybridized carbons (Fsp3) is 0.545. The first-order chi connectivity index (χ1) is 6.50. The van der Waals surface area contributed by atoms with Crippen molar-refractivity contribution in [2.45, 2.75) is 31.7 Å². The van der Waals surface area contributed by atoms with Gasteiger partial charge >= 0.3 is 0 Å². The molecule has 0 amide bonds. The van der Waals surface area contributed by atoms with Crippen LogP contribution in [0.15, 0.2) is 24.3 Å². The zero-order chi connectivity index (χ0) is 11.0. The van der Waals surface area contributed by atoms with Gasteiger partial charge < -0.3 is 9.53 Å². The maximum atomic E-state index is 9.44. The molecule has 0 aromatic heterocycles. The smallest absolute Gasteiger partial charge is 0.144 e. The molecule has 14 heavy (non-hydrogen) atoms. The van der Waals surface area contributed by atoms with Crippen LogP contribution in [0.4, 0.5) is 0 Å². The highest BCUT2D eigenvalue weighted by Crippen LogP contribution is 2.28. The standard InChI is InChI=1S/C8H11BrO.C3H6O/c1-2-10-8(9)6-4-3-5-7-8;1-3(2)4/h3-6H,2,7H2,1H3;1-2H3. The third-order valence-corrected chi connectivity index (χ3v) is 2.19. The van der Waals surface area contributed by atoms with Crippen LogP contribution in [0.1, 0.15) is 27.2 Å². The molecule has 1 atom stereocenters. The minimum atomic E-state index is -0.226. The molecule has 1 rings (SSSR count). The molecule has 2 nitrogen and oxygen atoms in total. The lowest BCUT2D eigenvalue weighted by Gasteiger charge is -2.23. The van der Waals surface area contributed by atoms with Crippen LogP contribution < -0.4 is 0 Å². The summed E-state index contributed by atoms with van der Waals surface area (Å²) in [5.41, 5.74) is 0. The van der Waals surface area contributed by atoms with E-state index < -0.39 is 0 Å². The number of hydrogen-bond donors (Lipinski definition) is 0. The minimum absolute atomic E-state index is 0.167. The topological polar surface area (TPSA) is 26.3 Å². The molecule has 0 heterocycles. The number of hydrogen-bond acceptors (Lipinski definition) is 2. The fourth-order valence-corrected chi connectivity index (χ4v) is 1.49. The number of carbonyl (C=O) groups excluding carboxylic acids is 1. The van der Waals surface area contributed by atoms with Crippen LogP contribution in [0.25, 0.3) is 0 Å². The minimum Gasteiger partial charge on any atom is -0.360 e. The average molecular weight is 261 g/mol. The number of Topliss-reactive ketones (excluding diaryl/α,β-unsaturated/α-hetero) is 1. The summed E-state index contributed by atoms with van der Waals surface area (Å²) in [4.78, 5) is 9.44. The quantitative estimate of drug-likeness (QED) is 0.713. The third kappa shape index (κ3) is 7.04. The van der Waals surface area contributed by atoms with E-state index in [9.17, 15) is 4.79 Å². The number of ether oxygens (including phenoxy) is 1. The maximum absolute atomic E-state index is 9.44. The molecule has 0 saturated carbocycles. The Hall–Kier alpha value is -0.410. The maximum Gasteiger partial charge on any atom is 0.144 e. The van der Waals surface area contributed by atoms with Gasteiger partial charge in [0.15, 0.2) is 0 Å². The van der Waals surface area contributed by atoms with Gasteiger partial charge in [-0.05, 0) is 42.8 Å². The van der Waals surface area contributed by atoms with Crippen molar-refractivity contribution in [2.75, 3.05) is 6.61 Å². The molecule has 0 saturated heterocycles. The van der Waals surface area contributed by atoms with Crippen LogP contribution in [0.5, 0.6) is 0 Å². The van der Waals surface area contributed by atoms with Crippen molar-refractivity contribution in [3.8, 4) is 0 Å². The summed E-state index contributed by atoms with van der Waals surface area (Å²) < 4.78 is 5.22. The second kappa shape index (κ2) is 6.96. The first-order valence-electron chi connectivity index (χ1n) is 4.64. The molecular formula is C11H17BrO2. The second-order valence-corrected chi connectivity index (χ2v) is 4.46. The molecule has 0 radical (unpaired) electrons. The van der Waals surface area contributed by atoms with E-state index in [4.69, 9.17) is 4.74 Å². The van der Waals surface area contributed by atoms with E-state index in [0.717, 1.165) is 13.0 Å². The molecule has 1 unspecified atom stereocenters. The van der Waals surface area contributed by atoms with Crippen molar-refractivity contribution in [2.24, 2.45) is 0 Å². The number of alkyl halides is 1. The van der Waals surface area contributed by atoms with Gasteiger partial charge in [0, 0.05) is 13.0 Å². The van der Waals surface area contributed by atoms with Crippen LogP contribution in [-0.4, -0.2) is 16.9 Å². The zero-order valence-electron chi connectivity index (χ0n) is 8.92. The van der Waals surface area contributed by atoms with Crippen molar-refractivity contribution in [1.82, 2.24) is 0 Å². The molecule has 1 aliphatic rings. The second-order valence-electron chi connectivity index (χ2n) is 3.12. The van der Waals surface area contributed by atoms with Gasteiger partial charge in [-0.1, -0.05) is 18.2 Å². The summed E-state index contributed by atoms with van der Waals surface area (Å²) in [6.07, 6.45) is 9.05. The van der Waals surface area contributed by atoms with E-state index >= 15 is 0 Å². The lowest BCUT2D eigenvalue weighted by atomic mass is 10.1. The summed E-state index contributed by atoms with van der Waals surface area (Å²) in [6.45, 7) is 5.79. The molecule has 0 aromatic rings. The number of halogens is 1. The Morgan fingerprint density at radius 1 is 1.50 bits per heavy atom. The van der Waals surface area contributed by atoms with Crippen molar-refractivity contribution in [1.29, 1.82) is 0 Å². The van der Waals surface area contributed by atoms with Gasteiger partial charge in [-0.3, -0.25) is 0 Å². The molecular weight excluding hydrogens is 244 g/mol. The fourth-order valence-electron chi connectivity index (χ4n) is 0.922. The Kier molecular flexibility index (Phi) is 6.75. The van der Waals surface area contributed by atoms with E-state index in [0.29, 0.717) is 0 Å². The van der Waals surface area contributed by atoms with Gasteiger partial charge in [0.25, 0.3) is 0 Å². The van der Waals surface area contributed by atoms with Crippen LogP contribution >= 0.6 is 15.9 Å². The van der Waals surface area contributed by atoms with Crippen molar-refractivity contribution < 1.29 is 9.53 Å². The van der Waals surface area contributed by atoms with E-state index in [1.54, 1.807) is 0 Å². The monoisotopic (exact) mass is 260 g/mol. The molecule has 0 aromatic carbocycles. The van der Waals surface area contributed by atoms with Gasteiger partial charge in [0.2, 0.25) is 0 Å². The highest BCUT2D eigenvalue weighted by molar-refractivity contribution is 9.10. The molecule has 1 aliphatic carbocycles. The Labute approximate surface area is 94.2 Å². The number of rotatable bonds is 2. The summed E-state index contributed by atoms with van der Waals surface area (Å²) >= 11 is 3.50. The van der Waals surface area contributed by atoms with E-state index in [-0.39, 0.29) is 10.3 Å². The van der Waals surface area contributed by atoms with Crippen LogP contribution in [-0.2, 0) is 9.53 Å². The Morgan fingerprint density at radius 3 is 2.43 bits per heavy atom. The molecule has 0 spiro atoms. The highest BCUT2D eigenvalue weighted by Gasteiger charge is 2.22. The van der Waals surface area contributed by atoms with Crippen LogP contribution in [0.2, 0.25) is 0 Å². The van der Waals surface area contributed by atoms with E-state index in [2.05, 4.69) is 22.0 Å². The Bertz CT molecular complexity index is 229. The number of allylic oxidation sites excluding steroid dienone is 2. The summed E-state index contributed by atoms with van der Waals surface area (Å²) in [5, 5.41) is 0. The SMILES string of the molecule is CC(C)=O.CCOC1(Br)C=CC=CC1. The van der Waals surface area contributed by atoms with Gasteiger partial charge in [-0.2, -0.15) is 0 Å². The van der Waals surface area contributed by atoms with Gasteiger partial charge in [-0.15, -0.1) is 0 Å². The number of ketones is 1. The predicted molar refractivity (Wildman–Crippen MR) is 62.5 cm³/mol. The van der Waals surface area contributed by atoms with E-state index in [1.807, 2.05) is 25.2 Å². The van der Waals surface area contributed by atoms with Crippen LogP contribution in [0, 0.1) is 0 Å². The molecule has 0 fully saturated rings. The average Bonchev–Trinajstić information content (AvgIpc) is 2.04. The molecule has 0 bridgehead atoms. The first-order valence-corrected chi connectivity index (χ1v) is 5.44. The summed E-state index contributed by atoms with van der Waals surface area (Å²) in [5.74, 6) is 0.167. The van der Waals surface area contributed by atoms with Crippen molar-refractivity contribution in [3.63, 3.8) is 0 Å². The predicted octanol–water partition coefficient (Wildman–Crippen LogP) is 3.23. The normalized spacial score (nSPS) is 24.0. The molecule has 0 N–H and O–H groups in total. The van der Waals surface area contributed by atoms with Gasteiger partial charge in [0.05, 0.1) is 0 Å². The Balaban J connectivity index is 0.000000364. The first kappa shape index (κ1) is 13.6. The van der Waals surface area contributed by atoms with Gasteiger partial charge in [-0.25, -0.2) is 0 Å². The van der Waals surface area contributed by atoms with Crippen molar-refractivity contribution in [3.05, 3.63) is 24.3 Å². The lowest BCUT2D eigenvalue weighted by molar-refractivity contribution is -0.114. The molecule has 0 aliphatic heterocycles. The van der Waals surface area contributed by atoms with Crippen molar-refractivity contribution >= 4 is 21.7 Å². The largest absolute Gasteiger partial charge is 0.360 e. The number of carbonyl (C=O) groups is 1. The highest BCUT2D eigenvalue weighted by atomic mass is 79.9. The lowest BCUT2D eigenvalue weighted by Crippen LogP contribution is -2.22. The summed E-state index contributed by atoms with van der Waals surface area (Å²) in [6, 6.07) is 0. The summed E-state index contributed by atoms with van der Waals surface area (Å²) in [7, 11) is 0. The zero-order valence-corrected chi connectivity index (χ0v) is 10.5. The van der Waals surface area contributed by atoms with Crippen LogP contribution in [0.3, 0.4) is 0 Å². The van der Waals surface area contributed by atoms with E-state index in [1.165, 1.54) is 13.8 Å². The molecule has 3 heteroatoms. The third-order valence-electron chi connectivity index (χ3n) is 1.37. The Morgan fingerprint density at radius 2 is 2.07 bits per heavy atom.